The van der Waals surface area contributed by atoms with Crippen LogP contribution in [0.15, 0.2) is 65.7 Å². The summed E-state index contributed by atoms with van der Waals surface area (Å²) in [5, 5.41) is 4.10. The second kappa shape index (κ2) is 8.39. The summed E-state index contributed by atoms with van der Waals surface area (Å²) in [6.45, 7) is 2.42. The smallest absolute Gasteiger partial charge is 0.251 e. The van der Waals surface area contributed by atoms with Gasteiger partial charge in [-0.2, -0.15) is 4.31 Å². The van der Waals surface area contributed by atoms with Crippen LogP contribution in [-0.4, -0.2) is 42.8 Å². The summed E-state index contributed by atoms with van der Waals surface area (Å²) in [6, 6.07) is 16.6. The number of benzene rings is 2. The zero-order valence-corrected chi connectivity index (χ0v) is 17.1. The number of rotatable bonds is 7. The molecule has 1 saturated heterocycles. The minimum absolute atomic E-state index is 0.186. The first-order chi connectivity index (χ1) is 14.1. The van der Waals surface area contributed by atoms with E-state index in [1.165, 1.54) is 21.3 Å². The highest BCUT2D eigenvalue weighted by Crippen LogP contribution is 2.21. The quantitative estimate of drug-likeness (QED) is 0.607. The number of hydrogen-bond acceptors (Lipinski definition) is 3. The fourth-order valence-corrected chi connectivity index (χ4v) is 5.33. The van der Waals surface area contributed by atoms with Crippen molar-refractivity contribution >= 4 is 26.8 Å². The molecule has 1 N–H and O–H groups in total. The fourth-order valence-electron chi connectivity index (χ4n) is 3.76. The first-order valence-corrected chi connectivity index (χ1v) is 11.4. The Morgan fingerprint density at radius 3 is 2.62 bits per heavy atom. The van der Waals surface area contributed by atoms with Gasteiger partial charge in [0.05, 0.1) is 4.90 Å². The maximum absolute atomic E-state index is 12.7. The number of hydrogen-bond donors (Lipinski definition) is 1. The van der Waals surface area contributed by atoms with E-state index in [-0.39, 0.29) is 10.8 Å². The lowest BCUT2D eigenvalue weighted by Crippen LogP contribution is -2.29. The molecule has 1 fully saturated rings. The zero-order chi connectivity index (χ0) is 20.3. The Balaban J connectivity index is 1.35. The average molecular weight is 412 g/mol. The van der Waals surface area contributed by atoms with E-state index in [0.717, 1.165) is 25.8 Å². The Kier molecular flexibility index (Phi) is 5.69. The van der Waals surface area contributed by atoms with Crippen molar-refractivity contribution in [2.24, 2.45) is 0 Å². The number of fused-ring (bicyclic) bond motifs is 1. The normalized spacial score (nSPS) is 15.0. The van der Waals surface area contributed by atoms with Crippen LogP contribution in [0, 0.1) is 0 Å². The molecule has 2 aromatic carbocycles. The molecule has 0 unspecified atom stereocenters. The van der Waals surface area contributed by atoms with Gasteiger partial charge in [0.15, 0.2) is 0 Å². The average Bonchev–Trinajstić information content (AvgIpc) is 3.42. The highest BCUT2D eigenvalue weighted by Gasteiger charge is 2.27. The van der Waals surface area contributed by atoms with Gasteiger partial charge in [-0.25, -0.2) is 8.42 Å². The largest absolute Gasteiger partial charge is 0.352 e. The minimum Gasteiger partial charge on any atom is -0.352 e. The molecule has 7 heteroatoms. The van der Waals surface area contributed by atoms with Gasteiger partial charge in [0.2, 0.25) is 10.0 Å². The molecule has 3 aromatic rings. The van der Waals surface area contributed by atoms with E-state index >= 15 is 0 Å². The number of nitrogens with one attached hydrogen (secondary N) is 1. The van der Waals surface area contributed by atoms with Gasteiger partial charge in [0.25, 0.3) is 5.91 Å². The van der Waals surface area contributed by atoms with Crippen LogP contribution in [-0.2, 0) is 16.6 Å². The molecule has 1 amide bonds. The van der Waals surface area contributed by atoms with Gasteiger partial charge < -0.3 is 9.88 Å². The van der Waals surface area contributed by atoms with Crippen LogP contribution in [0.1, 0.15) is 29.6 Å². The summed E-state index contributed by atoms with van der Waals surface area (Å²) in [5.41, 5.74) is 1.55. The number of carbonyl (C=O) groups excluding carboxylic acids is 1. The highest BCUT2D eigenvalue weighted by atomic mass is 32.2. The monoisotopic (exact) mass is 411 g/mol. The molecule has 152 valence electrons. The molecule has 0 saturated carbocycles. The first-order valence-electron chi connectivity index (χ1n) is 9.98. The number of nitrogens with zero attached hydrogens (tertiary/aromatic N) is 2. The van der Waals surface area contributed by atoms with Crippen LogP contribution in [0.25, 0.3) is 10.9 Å². The van der Waals surface area contributed by atoms with Crippen LogP contribution >= 0.6 is 0 Å². The van der Waals surface area contributed by atoms with Crippen LogP contribution in [0.3, 0.4) is 0 Å². The Bertz CT molecular complexity index is 1120. The third-order valence-electron chi connectivity index (χ3n) is 5.34. The second-order valence-corrected chi connectivity index (χ2v) is 9.25. The Labute approximate surface area is 171 Å². The number of aryl methyl sites for hydroxylation is 1. The molecule has 2 heterocycles. The molecule has 4 rings (SSSR count). The summed E-state index contributed by atoms with van der Waals surface area (Å²) < 4.78 is 29.1. The Hall–Kier alpha value is -2.64. The SMILES string of the molecule is O=C(NCCCn1ccc2ccccc21)c1cccc(S(=O)(=O)N2CCCC2)c1. The first kappa shape index (κ1) is 19.7. The van der Waals surface area contributed by atoms with E-state index in [2.05, 4.69) is 34.3 Å². The van der Waals surface area contributed by atoms with Gasteiger partial charge in [-0.3, -0.25) is 4.79 Å². The van der Waals surface area contributed by atoms with Gasteiger partial charge in [0, 0.05) is 43.5 Å². The predicted molar refractivity (Wildman–Crippen MR) is 113 cm³/mol. The molecule has 1 aliphatic rings. The summed E-state index contributed by atoms with van der Waals surface area (Å²) in [5.74, 6) is -0.249. The van der Waals surface area contributed by atoms with Crippen molar-refractivity contribution in [2.75, 3.05) is 19.6 Å². The number of aromatic nitrogens is 1. The zero-order valence-electron chi connectivity index (χ0n) is 16.3. The van der Waals surface area contributed by atoms with Gasteiger partial charge in [0.1, 0.15) is 0 Å². The topological polar surface area (TPSA) is 71.4 Å². The molecular formula is C22H25N3O3S. The molecule has 0 spiro atoms. The number of para-hydroxylation sites is 1. The molecule has 0 bridgehead atoms. The summed E-state index contributed by atoms with van der Waals surface area (Å²) in [4.78, 5) is 12.7. The fraction of sp³-hybridized carbons (Fsp3) is 0.318. The summed E-state index contributed by atoms with van der Waals surface area (Å²) in [6.07, 6.45) is 4.61. The third kappa shape index (κ3) is 4.21. The van der Waals surface area contributed by atoms with Crippen LogP contribution in [0.5, 0.6) is 0 Å². The molecule has 0 atom stereocenters. The summed E-state index contributed by atoms with van der Waals surface area (Å²) >= 11 is 0. The number of sulfonamides is 1. The van der Waals surface area contributed by atoms with Crippen LogP contribution in [0.2, 0.25) is 0 Å². The minimum atomic E-state index is -3.52. The van der Waals surface area contributed by atoms with E-state index in [0.29, 0.717) is 25.2 Å². The molecular weight excluding hydrogens is 386 g/mol. The van der Waals surface area contributed by atoms with Crippen molar-refractivity contribution < 1.29 is 13.2 Å². The Morgan fingerprint density at radius 1 is 1.00 bits per heavy atom. The van der Waals surface area contributed by atoms with Crippen LogP contribution < -0.4 is 5.32 Å². The molecule has 0 radical (unpaired) electrons. The lowest BCUT2D eigenvalue weighted by molar-refractivity contribution is 0.0952. The van der Waals surface area contributed by atoms with Gasteiger partial charge in [-0.05, 0) is 55.0 Å². The van der Waals surface area contributed by atoms with Crippen molar-refractivity contribution in [3.8, 4) is 0 Å². The van der Waals surface area contributed by atoms with E-state index in [4.69, 9.17) is 0 Å². The van der Waals surface area contributed by atoms with E-state index in [1.54, 1.807) is 18.2 Å². The van der Waals surface area contributed by atoms with E-state index < -0.39 is 10.0 Å². The standard InChI is InChI=1S/C22H25N3O3S/c26-22(23-12-6-13-24-16-11-18-7-1-2-10-21(18)24)19-8-5-9-20(17-19)29(27,28)25-14-3-4-15-25/h1-2,5,7-11,16-17H,3-4,6,12-15H2,(H,23,26). The maximum atomic E-state index is 12.7. The van der Waals surface area contributed by atoms with Gasteiger partial charge in [-0.1, -0.05) is 24.3 Å². The third-order valence-corrected chi connectivity index (χ3v) is 7.24. The van der Waals surface area contributed by atoms with Crippen LogP contribution in [0.4, 0.5) is 0 Å². The highest BCUT2D eigenvalue weighted by molar-refractivity contribution is 7.89. The molecule has 29 heavy (non-hydrogen) atoms. The number of amides is 1. The molecule has 0 aliphatic carbocycles. The maximum Gasteiger partial charge on any atom is 0.251 e. The molecule has 1 aliphatic heterocycles. The van der Waals surface area contributed by atoms with Crippen molar-refractivity contribution in [2.45, 2.75) is 30.7 Å². The Morgan fingerprint density at radius 2 is 1.79 bits per heavy atom. The molecule has 1 aromatic heterocycles. The van der Waals surface area contributed by atoms with Gasteiger partial charge >= 0.3 is 0 Å². The van der Waals surface area contributed by atoms with Crippen molar-refractivity contribution in [3.63, 3.8) is 0 Å². The molecule has 6 nitrogen and oxygen atoms in total. The van der Waals surface area contributed by atoms with Crippen molar-refractivity contribution in [3.05, 3.63) is 66.4 Å². The lowest BCUT2D eigenvalue weighted by atomic mass is 10.2. The van der Waals surface area contributed by atoms with Crippen molar-refractivity contribution in [1.82, 2.24) is 14.2 Å². The summed E-state index contributed by atoms with van der Waals surface area (Å²) in [7, 11) is -3.52. The number of carbonyl (C=O) groups is 1. The van der Waals surface area contributed by atoms with Gasteiger partial charge in [-0.15, -0.1) is 0 Å². The van der Waals surface area contributed by atoms with E-state index in [9.17, 15) is 13.2 Å². The predicted octanol–water partition coefficient (Wildman–Crippen LogP) is 3.25. The van der Waals surface area contributed by atoms with Crippen molar-refractivity contribution in [1.29, 1.82) is 0 Å². The van der Waals surface area contributed by atoms with E-state index in [1.807, 2.05) is 12.1 Å². The second-order valence-electron chi connectivity index (χ2n) is 7.32. The lowest BCUT2D eigenvalue weighted by Gasteiger charge is -2.16.